The molecule has 26 heavy (non-hydrogen) atoms. The number of esters is 2. The average molecular weight is 383 g/mol. The number of ether oxygens (including phenoxy) is 2. The second-order valence-electron chi connectivity index (χ2n) is 6.81. The molecule has 1 fully saturated rings. The molecule has 0 saturated carbocycles. The van der Waals surface area contributed by atoms with Crippen LogP contribution in [0.25, 0.3) is 0 Å². The van der Waals surface area contributed by atoms with Crippen molar-refractivity contribution in [3.8, 4) is 0 Å². The Bertz CT molecular complexity index is 675. The zero-order valence-electron chi connectivity index (χ0n) is 15.0. The number of hydrogen-bond donors (Lipinski definition) is 2. The van der Waals surface area contributed by atoms with Gasteiger partial charge in [0, 0.05) is 23.2 Å². The van der Waals surface area contributed by atoms with Crippen molar-refractivity contribution >= 4 is 29.4 Å². The molecule has 0 bridgehead atoms. The molecule has 8 heteroatoms. The minimum absolute atomic E-state index is 0.0291. The molecule has 1 heterocycles. The summed E-state index contributed by atoms with van der Waals surface area (Å²) in [6.07, 6.45) is 0.380. The van der Waals surface area contributed by atoms with Gasteiger partial charge in [-0.15, -0.1) is 0 Å². The lowest BCUT2D eigenvalue weighted by atomic mass is 10.0. The topological polar surface area (TPSA) is 93.7 Å². The van der Waals surface area contributed by atoms with Crippen molar-refractivity contribution in [3.63, 3.8) is 0 Å². The third kappa shape index (κ3) is 5.71. The zero-order chi connectivity index (χ0) is 19.3. The molecule has 0 aliphatic carbocycles. The predicted molar refractivity (Wildman–Crippen MR) is 95.9 cm³/mol. The molecule has 2 atom stereocenters. The molecule has 1 aliphatic heterocycles. The van der Waals surface area contributed by atoms with E-state index in [1.807, 2.05) is 0 Å². The van der Waals surface area contributed by atoms with Gasteiger partial charge in [-0.2, -0.15) is 0 Å². The van der Waals surface area contributed by atoms with Gasteiger partial charge in [0.2, 0.25) is 0 Å². The Kier molecular flexibility index (Phi) is 6.61. The summed E-state index contributed by atoms with van der Waals surface area (Å²) in [7, 11) is 1.28. The lowest BCUT2D eigenvalue weighted by Gasteiger charge is -2.25. The monoisotopic (exact) mass is 382 g/mol. The van der Waals surface area contributed by atoms with Gasteiger partial charge in [-0.1, -0.05) is 11.6 Å². The number of amides is 1. The van der Waals surface area contributed by atoms with E-state index < -0.39 is 23.6 Å². The van der Waals surface area contributed by atoms with E-state index in [1.54, 1.807) is 38.1 Å². The van der Waals surface area contributed by atoms with Gasteiger partial charge in [-0.25, -0.2) is 0 Å². The number of benzene rings is 1. The summed E-state index contributed by atoms with van der Waals surface area (Å²) in [5, 5.41) is 6.47. The molecule has 1 saturated heterocycles. The molecular weight excluding hydrogens is 360 g/mol. The smallest absolute Gasteiger partial charge is 0.323 e. The fraction of sp³-hybridized carbons (Fsp3) is 0.500. The third-order valence-corrected chi connectivity index (χ3v) is 4.28. The summed E-state index contributed by atoms with van der Waals surface area (Å²) >= 11 is 5.81. The van der Waals surface area contributed by atoms with Gasteiger partial charge < -0.3 is 20.1 Å². The second-order valence-corrected chi connectivity index (χ2v) is 7.24. The van der Waals surface area contributed by atoms with Gasteiger partial charge in [-0.3, -0.25) is 14.4 Å². The highest BCUT2D eigenvalue weighted by molar-refractivity contribution is 6.30. The summed E-state index contributed by atoms with van der Waals surface area (Å²) in [5.74, 6) is -1.13. The van der Waals surface area contributed by atoms with Crippen LogP contribution < -0.4 is 10.6 Å². The van der Waals surface area contributed by atoms with Gasteiger partial charge in [0.25, 0.3) is 5.91 Å². The van der Waals surface area contributed by atoms with Crippen molar-refractivity contribution in [1.82, 2.24) is 10.6 Å². The molecule has 142 valence electrons. The number of halogens is 1. The van der Waals surface area contributed by atoms with Crippen LogP contribution in [0.4, 0.5) is 0 Å². The second kappa shape index (κ2) is 8.51. The molecule has 1 amide bonds. The van der Waals surface area contributed by atoms with Crippen molar-refractivity contribution in [2.24, 2.45) is 0 Å². The first kappa shape index (κ1) is 20.2. The van der Waals surface area contributed by atoms with Crippen molar-refractivity contribution in [1.29, 1.82) is 0 Å². The van der Waals surface area contributed by atoms with Crippen LogP contribution in [0, 0.1) is 0 Å². The molecule has 7 nitrogen and oxygen atoms in total. The number of rotatable bonds is 6. The standard InChI is InChI=1S/C18H23ClN2O5/c1-18(2,9-15(22)25-3)26-17(24)14-8-13(10-20-14)21-16(23)11-4-6-12(19)7-5-11/h4-7,13-14,20H,8-10H2,1-3H3,(H,21,23)/t13-,14+/m1/s1. The minimum atomic E-state index is -0.962. The van der Waals surface area contributed by atoms with Crippen molar-refractivity contribution < 1.29 is 23.9 Å². The van der Waals surface area contributed by atoms with Crippen molar-refractivity contribution in [2.75, 3.05) is 13.7 Å². The van der Waals surface area contributed by atoms with Crippen LogP contribution in [-0.4, -0.2) is 49.2 Å². The Hall–Kier alpha value is -2.12. The van der Waals surface area contributed by atoms with Crippen LogP contribution in [0.3, 0.4) is 0 Å². The number of carbonyl (C=O) groups is 3. The van der Waals surface area contributed by atoms with E-state index in [1.165, 1.54) is 7.11 Å². The average Bonchev–Trinajstić information content (AvgIpc) is 3.03. The minimum Gasteiger partial charge on any atom is -0.469 e. The Morgan fingerprint density at radius 1 is 1.27 bits per heavy atom. The first-order valence-electron chi connectivity index (χ1n) is 8.29. The lowest BCUT2D eigenvalue weighted by molar-refractivity contribution is -0.163. The highest BCUT2D eigenvalue weighted by Gasteiger charge is 2.35. The van der Waals surface area contributed by atoms with E-state index in [9.17, 15) is 14.4 Å². The van der Waals surface area contributed by atoms with E-state index in [0.717, 1.165) is 0 Å². The van der Waals surface area contributed by atoms with Gasteiger partial charge in [0.1, 0.15) is 11.6 Å². The van der Waals surface area contributed by atoms with Gasteiger partial charge in [-0.05, 0) is 44.5 Å². The molecule has 2 rings (SSSR count). The first-order valence-corrected chi connectivity index (χ1v) is 8.67. The van der Waals surface area contributed by atoms with E-state index >= 15 is 0 Å². The van der Waals surface area contributed by atoms with Gasteiger partial charge in [0.15, 0.2) is 0 Å². The van der Waals surface area contributed by atoms with Crippen LogP contribution in [0.1, 0.15) is 37.0 Å². The SMILES string of the molecule is COC(=O)CC(C)(C)OC(=O)[C@@H]1C[C@@H](NC(=O)c2ccc(Cl)cc2)CN1. The molecule has 1 aromatic carbocycles. The highest BCUT2D eigenvalue weighted by Crippen LogP contribution is 2.19. The van der Waals surface area contributed by atoms with Crippen LogP contribution >= 0.6 is 11.6 Å². The largest absolute Gasteiger partial charge is 0.469 e. The Morgan fingerprint density at radius 2 is 1.92 bits per heavy atom. The van der Waals surface area contributed by atoms with Crippen LogP contribution in [0.5, 0.6) is 0 Å². The maximum Gasteiger partial charge on any atom is 0.323 e. The number of carbonyl (C=O) groups excluding carboxylic acids is 3. The fourth-order valence-electron chi connectivity index (χ4n) is 2.69. The van der Waals surface area contributed by atoms with Gasteiger partial charge in [0.05, 0.1) is 13.5 Å². The fourth-order valence-corrected chi connectivity index (χ4v) is 2.82. The molecular formula is C18H23ClN2O5. The Balaban J connectivity index is 1.85. The maximum absolute atomic E-state index is 12.3. The summed E-state index contributed by atoms with van der Waals surface area (Å²) in [5.41, 5.74) is -0.462. The molecule has 1 aromatic rings. The Morgan fingerprint density at radius 3 is 2.54 bits per heavy atom. The number of hydrogen-bond acceptors (Lipinski definition) is 6. The van der Waals surface area contributed by atoms with Gasteiger partial charge >= 0.3 is 11.9 Å². The van der Waals surface area contributed by atoms with Crippen molar-refractivity contribution in [2.45, 2.75) is 44.4 Å². The predicted octanol–water partition coefficient (Wildman–Crippen LogP) is 1.69. The molecule has 1 aliphatic rings. The molecule has 0 unspecified atom stereocenters. The normalized spacial score (nSPS) is 19.7. The van der Waals surface area contributed by atoms with Crippen LogP contribution in [0.2, 0.25) is 5.02 Å². The number of methoxy groups -OCH3 is 1. The summed E-state index contributed by atoms with van der Waals surface area (Å²) in [6, 6.07) is 5.84. The maximum atomic E-state index is 12.3. The third-order valence-electron chi connectivity index (χ3n) is 4.03. The molecule has 0 radical (unpaired) electrons. The van der Waals surface area contributed by atoms with Crippen molar-refractivity contribution in [3.05, 3.63) is 34.9 Å². The highest BCUT2D eigenvalue weighted by atomic mass is 35.5. The molecule has 2 N–H and O–H groups in total. The quantitative estimate of drug-likeness (QED) is 0.727. The summed E-state index contributed by atoms with van der Waals surface area (Å²) < 4.78 is 10.0. The van der Waals surface area contributed by atoms with E-state index in [0.29, 0.717) is 23.6 Å². The molecule has 0 aromatic heterocycles. The lowest BCUT2D eigenvalue weighted by Crippen LogP contribution is -2.39. The van der Waals surface area contributed by atoms with E-state index in [2.05, 4.69) is 15.4 Å². The van der Waals surface area contributed by atoms with E-state index in [4.69, 9.17) is 16.3 Å². The van der Waals surface area contributed by atoms with E-state index in [-0.39, 0.29) is 18.4 Å². The van der Waals surface area contributed by atoms with Crippen LogP contribution in [-0.2, 0) is 19.1 Å². The number of nitrogens with one attached hydrogen (secondary N) is 2. The summed E-state index contributed by atoms with van der Waals surface area (Å²) in [4.78, 5) is 35.9. The first-order chi connectivity index (χ1) is 12.2. The summed E-state index contributed by atoms with van der Waals surface area (Å²) in [6.45, 7) is 3.75. The molecule has 0 spiro atoms. The zero-order valence-corrected chi connectivity index (χ0v) is 15.8. The Labute approximate surface area is 157 Å². The van der Waals surface area contributed by atoms with Crippen LogP contribution in [0.15, 0.2) is 24.3 Å².